The normalized spacial score (nSPS) is 36.0. The molecule has 2 saturated heterocycles. The van der Waals surface area contributed by atoms with Gasteiger partial charge in [-0.2, -0.15) is 0 Å². The highest BCUT2D eigenvalue weighted by atomic mass is 16.5. The van der Waals surface area contributed by atoms with Crippen molar-refractivity contribution < 1.29 is 9.47 Å². The molecule has 1 aliphatic carbocycles. The molecule has 3 rings (SSSR count). The van der Waals surface area contributed by atoms with E-state index in [2.05, 4.69) is 41.3 Å². The van der Waals surface area contributed by atoms with Gasteiger partial charge in [-0.05, 0) is 38.5 Å². The molecule has 3 fully saturated rings. The van der Waals surface area contributed by atoms with E-state index in [9.17, 15) is 0 Å². The minimum Gasteiger partial charge on any atom is -0.381 e. The van der Waals surface area contributed by atoms with Gasteiger partial charge in [-0.25, -0.2) is 0 Å². The summed E-state index contributed by atoms with van der Waals surface area (Å²) >= 11 is 0. The van der Waals surface area contributed by atoms with E-state index in [1.165, 1.54) is 38.9 Å². The van der Waals surface area contributed by atoms with E-state index >= 15 is 0 Å². The first-order chi connectivity index (χ1) is 12.4. The number of piperidine rings is 1. The maximum absolute atomic E-state index is 5.74. The lowest BCUT2D eigenvalue weighted by molar-refractivity contribution is -0.176. The van der Waals surface area contributed by atoms with Gasteiger partial charge >= 0.3 is 0 Å². The second-order valence-electron chi connectivity index (χ2n) is 9.08. The SMILES string of the molecule is CN=C(NC1CCN(CC2CCOC2)CC1)NC1CC(C)(OC)C1(C)C. The third-order valence-electron chi connectivity index (χ3n) is 7.28. The minimum absolute atomic E-state index is 0.0567. The standard InChI is InChI=1S/C20H38N4O2/c1-19(2)17(12-20(19,3)25-5)23-18(21-4)22-16-6-9-24(10-7-16)13-15-8-11-26-14-15/h15-17H,6-14H2,1-5H3,(H2,21,22,23). The number of likely N-dealkylation sites (tertiary alicyclic amines) is 1. The van der Waals surface area contributed by atoms with Crippen LogP contribution in [0.15, 0.2) is 4.99 Å². The number of nitrogens with one attached hydrogen (secondary N) is 2. The Balaban J connectivity index is 1.42. The molecule has 6 heteroatoms. The number of ether oxygens (including phenoxy) is 2. The zero-order valence-electron chi connectivity index (χ0n) is 17.3. The zero-order chi connectivity index (χ0) is 18.8. The molecule has 0 radical (unpaired) electrons. The average Bonchev–Trinajstić information content (AvgIpc) is 3.14. The molecule has 3 unspecified atom stereocenters. The summed E-state index contributed by atoms with van der Waals surface area (Å²) in [5.74, 6) is 1.67. The molecule has 2 N–H and O–H groups in total. The molecule has 0 aromatic rings. The number of nitrogens with zero attached hydrogens (tertiary/aromatic N) is 2. The molecule has 3 atom stereocenters. The summed E-state index contributed by atoms with van der Waals surface area (Å²) in [7, 11) is 3.68. The number of guanidine groups is 1. The van der Waals surface area contributed by atoms with Gasteiger partial charge in [0.1, 0.15) is 0 Å². The first kappa shape index (κ1) is 19.9. The fourth-order valence-corrected chi connectivity index (χ4v) is 4.60. The Labute approximate surface area is 159 Å². The molecule has 0 spiro atoms. The molecule has 2 aliphatic heterocycles. The Morgan fingerprint density at radius 1 is 1.19 bits per heavy atom. The summed E-state index contributed by atoms with van der Waals surface area (Å²) in [6.07, 6.45) is 4.60. The lowest BCUT2D eigenvalue weighted by Crippen LogP contribution is -2.69. The summed E-state index contributed by atoms with van der Waals surface area (Å²) in [4.78, 5) is 7.07. The van der Waals surface area contributed by atoms with Crippen molar-refractivity contribution in [2.24, 2.45) is 16.3 Å². The van der Waals surface area contributed by atoms with Gasteiger partial charge in [0.2, 0.25) is 0 Å². The highest BCUT2D eigenvalue weighted by molar-refractivity contribution is 5.80. The van der Waals surface area contributed by atoms with E-state index in [-0.39, 0.29) is 11.0 Å². The highest BCUT2D eigenvalue weighted by Gasteiger charge is 2.58. The monoisotopic (exact) mass is 366 g/mol. The minimum atomic E-state index is -0.0567. The first-order valence-corrected chi connectivity index (χ1v) is 10.2. The molecule has 1 saturated carbocycles. The molecular weight excluding hydrogens is 328 g/mol. The summed E-state index contributed by atoms with van der Waals surface area (Å²) in [6, 6.07) is 0.899. The van der Waals surface area contributed by atoms with Crippen molar-refractivity contribution in [1.29, 1.82) is 0 Å². The molecule has 0 aromatic heterocycles. The third-order valence-corrected chi connectivity index (χ3v) is 7.28. The Hall–Kier alpha value is -0.850. The Morgan fingerprint density at radius 2 is 1.92 bits per heavy atom. The summed E-state index contributed by atoms with van der Waals surface area (Å²) in [6.45, 7) is 12.2. The molecule has 2 heterocycles. The van der Waals surface area contributed by atoms with Crippen LogP contribution in [0.2, 0.25) is 0 Å². The fraction of sp³-hybridized carbons (Fsp3) is 0.950. The van der Waals surface area contributed by atoms with Crippen LogP contribution < -0.4 is 10.6 Å². The van der Waals surface area contributed by atoms with Crippen molar-refractivity contribution in [3.8, 4) is 0 Å². The van der Waals surface area contributed by atoms with Crippen molar-refractivity contribution in [1.82, 2.24) is 15.5 Å². The van der Waals surface area contributed by atoms with Gasteiger partial charge < -0.3 is 25.0 Å². The van der Waals surface area contributed by atoms with Crippen LogP contribution in [0.5, 0.6) is 0 Å². The van der Waals surface area contributed by atoms with Crippen LogP contribution in [-0.2, 0) is 9.47 Å². The average molecular weight is 367 g/mol. The van der Waals surface area contributed by atoms with Crippen molar-refractivity contribution in [2.45, 2.75) is 64.1 Å². The van der Waals surface area contributed by atoms with Gasteiger partial charge in [0.05, 0.1) is 12.2 Å². The number of hydrogen-bond donors (Lipinski definition) is 2. The maximum atomic E-state index is 5.74. The molecule has 6 nitrogen and oxygen atoms in total. The van der Waals surface area contributed by atoms with Gasteiger partial charge in [-0.1, -0.05) is 13.8 Å². The highest BCUT2D eigenvalue weighted by Crippen LogP contribution is 2.51. The summed E-state index contributed by atoms with van der Waals surface area (Å²) in [5, 5.41) is 7.28. The van der Waals surface area contributed by atoms with E-state index in [1.54, 1.807) is 0 Å². The van der Waals surface area contributed by atoms with Crippen molar-refractivity contribution in [3.63, 3.8) is 0 Å². The van der Waals surface area contributed by atoms with E-state index in [1.807, 2.05) is 14.2 Å². The van der Waals surface area contributed by atoms with Crippen LogP contribution >= 0.6 is 0 Å². The van der Waals surface area contributed by atoms with Crippen LogP contribution in [0.4, 0.5) is 0 Å². The van der Waals surface area contributed by atoms with Crippen LogP contribution in [-0.4, -0.2) is 75.5 Å². The molecular formula is C20H38N4O2. The van der Waals surface area contributed by atoms with Crippen molar-refractivity contribution in [3.05, 3.63) is 0 Å². The summed E-state index contributed by atoms with van der Waals surface area (Å²) < 4.78 is 11.2. The molecule has 3 aliphatic rings. The quantitative estimate of drug-likeness (QED) is 0.574. The van der Waals surface area contributed by atoms with Crippen molar-refractivity contribution >= 4 is 5.96 Å². The predicted molar refractivity (Wildman–Crippen MR) is 106 cm³/mol. The van der Waals surface area contributed by atoms with E-state index < -0.39 is 0 Å². The van der Waals surface area contributed by atoms with Crippen molar-refractivity contribution in [2.75, 3.05) is 47.0 Å². The van der Waals surface area contributed by atoms with E-state index in [4.69, 9.17) is 9.47 Å². The second kappa shape index (κ2) is 8.03. The maximum Gasteiger partial charge on any atom is 0.191 e. The van der Waals surface area contributed by atoms with Gasteiger partial charge in [-0.15, -0.1) is 0 Å². The van der Waals surface area contributed by atoms with Gasteiger partial charge in [0.15, 0.2) is 5.96 Å². The Bertz CT molecular complexity index is 496. The first-order valence-electron chi connectivity index (χ1n) is 10.2. The van der Waals surface area contributed by atoms with Crippen LogP contribution in [0.1, 0.15) is 46.5 Å². The summed E-state index contributed by atoms with van der Waals surface area (Å²) in [5.41, 5.74) is 0.0326. The largest absolute Gasteiger partial charge is 0.381 e. The van der Waals surface area contributed by atoms with Gasteiger partial charge in [-0.3, -0.25) is 4.99 Å². The lowest BCUT2D eigenvalue weighted by atomic mass is 9.56. The second-order valence-corrected chi connectivity index (χ2v) is 9.08. The number of aliphatic imine (C=N–C) groups is 1. The number of rotatable bonds is 5. The number of methoxy groups -OCH3 is 1. The van der Waals surface area contributed by atoms with Gasteiger partial charge in [0, 0.05) is 57.9 Å². The Morgan fingerprint density at radius 3 is 2.46 bits per heavy atom. The lowest BCUT2D eigenvalue weighted by Gasteiger charge is -2.59. The fourth-order valence-electron chi connectivity index (χ4n) is 4.60. The van der Waals surface area contributed by atoms with Gasteiger partial charge in [0.25, 0.3) is 0 Å². The Kier molecular flexibility index (Phi) is 6.14. The third kappa shape index (κ3) is 4.02. The van der Waals surface area contributed by atoms with E-state index in [0.717, 1.165) is 31.5 Å². The smallest absolute Gasteiger partial charge is 0.191 e. The zero-order valence-corrected chi connectivity index (χ0v) is 17.3. The molecule has 26 heavy (non-hydrogen) atoms. The predicted octanol–water partition coefficient (Wildman–Crippen LogP) is 1.86. The molecule has 150 valence electrons. The van der Waals surface area contributed by atoms with Crippen LogP contribution in [0.3, 0.4) is 0 Å². The topological polar surface area (TPSA) is 58.1 Å². The molecule has 0 aromatic carbocycles. The van der Waals surface area contributed by atoms with E-state index in [0.29, 0.717) is 12.1 Å². The molecule has 0 bridgehead atoms. The van der Waals surface area contributed by atoms with Crippen LogP contribution in [0.25, 0.3) is 0 Å². The van der Waals surface area contributed by atoms with Crippen LogP contribution in [0, 0.1) is 11.3 Å². The number of hydrogen-bond acceptors (Lipinski definition) is 4. The molecule has 0 amide bonds.